The first kappa shape index (κ1) is 14.4. The second-order valence-electron chi connectivity index (χ2n) is 4.95. The van der Waals surface area contributed by atoms with Gasteiger partial charge < -0.3 is 15.2 Å². The summed E-state index contributed by atoms with van der Waals surface area (Å²) in [7, 11) is -1.44. The maximum absolute atomic E-state index is 12.4. The van der Waals surface area contributed by atoms with Gasteiger partial charge in [0.25, 0.3) is 0 Å². The molecule has 1 unspecified atom stereocenters. The summed E-state index contributed by atoms with van der Waals surface area (Å²) in [5.41, 5.74) is 6.12. The molecule has 1 atom stereocenters. The van der Waals surface area contributed by atoms with Gasteiger partial charge in [-0.25, -0.2) is 8.42 Å². The van der Waals surface area contributed by atoms with E-state index in [1.807, 2.05) is 7.05 Å². The molecule has 0 bridgehead atoms. The lowest BCUT2D eigenvalue weighted by atomic mass is 10.2. The van der Waals surface area contributed by atoms with Crippen LogP contribution >= 0.6 is 0 Å². The second-order valence-corrected chi connectivity index (χ2v) is 6.87. The minimum Gasteiger partial charge on any atom is -0.361 e. The summed E-state index contributed by atoms with van der Waals surface area (Å²) in [6.45, 7) is 3.90. The van der Waals surface area contributed by atoms with Crippen LogP contribution in [0.15, 0.2) is 10.6 Å². The van der Waals surface area contributed by atoms with Crippen molar-refractivity contribution in [2.75, 3.05) is 33.2 Å². The quantitative estimate of drug-likeness (QED) is 0.794. The molecule has 1 aliphatic rings. The molecule has 1 aromatic heterocycles. The lowest BCUT2D eigenvalue weighted by Gasteiger charge is -2.38. The standard InChI is InChI=1S/C11H20N4O3S/c1-9-5-10(13-18-9)8-19(16,17)15-4-3-14(2)7-11(15)6-12/h5,11H,3-4,6-8,12H2,1-2H3. The van der Waals surface area contributed by atoms with Gasteiger partial charge in [-0.2, -0.15) is 4.31 Å². The van der Waals surface area contributed by atoms with Crippen LogP contribution in [0.5, 0.6) is 0 Å². The Morgan fingerprint density at radius 3 is 2.84 bits per heavy atom. The highest BCUT2D eigenvalue weighted by atomic mass is 32.2. The van der Waals surface area contributed by atoms with E-state index in [4.69, 9.17) is 10.3 Å². The highest BCUT2D eigenvalue weighted by Crippen LogP contribution is 2.17. The molecule has 0 aliphatic carbocycles. The van der Waals surface area contributed by atoms with Crippen molar-refractivity contribution in [3.63, 3.8) is 0 Å². The normalized spacial score (nSPS) is 22.8. The Kier molecular flexibility index (Phi) is 4.24. The molecule has 1 aromatic rings. The van der Waals surface area contributed by atoms with E-state index in [2.05, 4.69) is 10.1 Å². The van der Waals surface area contributed by atoms with Gasteiger partial charge in [-0.3, -0.25) is 0 Å². The van der Waals surface area contributed by atoms with Crippen LogP contribution in [0.3, 0.4) is 0 Å². The zero-order valence-corrected chi connectivity index (χ0v) is 12.1. The van der Waals surface area contributed by atoms with Gasteiger partial charge in [0.15, 0.2) is 0 Å². The SMILES string of the molecule is Cc1cc(CS(=O)(=O)N2CCN(C)CC2CN)no1. The van der Waals surface area contributed by atoms with E-state index in [1.54, 1.807) is 13.0 Å². The largest absolute Gasteiger partial charge is 0.361 e. The monoisotopic (exact) mass is 288 g/mol. The first-order valence-corrected chi connectivity index (χ1v) is 7.83. The first-order chi connectivity index (χ1) is 8.92. The van der Waals surface area contributed by atoms with Gasteiger partial charge in [0.2, 0.25) is 10.0 Å². The number of nitrogens with two attached hydrogens (primary N) is 1. The van der Waals surface area contributed by atoms with E-state index < -0.39 is 10.0 Å². The summed E-state index contributed by atoms with van der Waals surface area (Å²) in [5, 5.41) is 3.74. The fraction of sp³-hybridized carbons (Fsp3) is 0.727. The summed E-state index contributed by atoms with van der Waals surface area (Å²) >= 11 is 0. The molecule has 1 aliphatic heterocycles. The Labute approximate surface area is 113 Å². The van der Waals surface area contributed by atoms with Crippen LogP contribution in [-0.2, 0) is 15.8 Å². The van der Waals surface area contributed by atoms with Crippen LogP contribution in [0.1, 0.15) is 11.5 Å². The van der Waals surface area contributed by atoms with Crippen molar-refractivity contribution in [1.82, 2.24) is 14.4 Å². The molecule has 7 nitrogen and oxygen atoms in total. The Balaban J connectivity index is 2.14. The minimum atomic E-state index is -3.40. The Hall–Kier alpha value is -0.960. The van der Waals surface area contributed by atoms with Gasteiger partial charge in [-0.1, -0.05) is 5.16 Å². The predicted octanol–water partition coefficient (Wildman–Crippen LogP) is -0.612. The highest BCUT2D eigenvalue weighted by molar-refractivity contribution is 7.88. The van der Waals surface area contributed by atoms with Crippen molar-refractivity contribution in [2.45, 2.75) is 18.7 Å². The molecule has 19 heavy (non-hydrogen) atoms. The Morgan fingerprint density at radius 1 is 1.53 bits per heavy atom. The first-order valence-electron chi connectivity index (χ1n) is 6.22. The van der Waals surface area contributed by atoms with Crippen molar-refractivity contribution < 1.29 is 12.9 Å². The number of nitrogens with zero attached hydrogens (tertiary/aromatic N) is 3. The van der Waals surface area contributed by atoms with Gasteiger partial charge in [0.1, 0.15) is 17.2 Å². The number of piperazine rings is 1. The van der Waals surface area contributed by atoms with Crippen molar-refractivity contribution in [3.05, 3.63) is 17.5 Å². The van der Waals surface area contributed by atoms with Gasteiger partial charge in [0, 0.05) is 38.3 Å². The number of hydrogen-bond donors (Lipinski definition) is 1. The third kappa shape index (κ3) is 3.33. The van der Waals surface area contributed by atoms with E-state index >= 15 is 0 Å². The summed E-state index contributed by atoms with van der Waals surface area (Å²) in [4.78, 5) is 2.09. The van der Waals surface area contributed by atoms with Crippen LogP contribution in [-0.4, -0.2) is 62.0 Å². The molecule has 0 spiro atoms. The summed E-state index contributed by atoms with van der Waals surface area (Å²) in [6.07, 6.45) is 0. The van der Waals surface area contributed by atoms with E-state index in [9.17, 15) is 8.42 Å². The number of aryl methyl sites for hydroxylation is 1. The number of hydrogen-bond acceptors (Lipinski definition) is 6. The molecule has 0 saturated carbocycles. The van der Waals surface area contributed by atoms with Gasteiger partial charge in [-0.05, 0) is 14.0 Å². The van der Waals surface area contributed by atoms with Crippen LogP contribution in [0.2, 0.25) is 0 Å². The third-order valence-electron chi connectivity index (χ3n) is 3.27. The highest BCUT2D eigenvalue weighted by Gasteiger charge is 2.33. The predicted molar refractivity (Wildman–Crippen MR) is 70.9 cm³/mol. The smallest absolute Gasteiger partial charge is 0.220 e. The van der Waals surface area contributed by atoms with Crippen LogP contribution in [0, 0.1) is 6.92 Å². The second kappa shape index (κ2) is 5.58. The molecule has 1 saturated heterocycles. The molecular weight excluding hydrogens is 268 g/mol. The molecule has 8 heteroatoms. The molecule has 2 N–H and O–H groups in total. The van der Waals surface area contributed by atoms with Crippen molar-refractivity contribution in [1.29, 1.82) is 0 Å². The number of sulfonamides is 1. The van der Waals surface area contributed by atoms with Crippen molar-refractivity contribution in [2.24, 2.45) is 5.73 Å². The zero-order valence-electron chi connectivity index (χ0n) is 11.2. The van der Waals surface area contributed by atoms with Crippen molar-refractivity contribution in [3.8, 4) is 0 Å². The lowest BCUT2D eigenvalue weighted by Crippen LogP contribution is -2.56. The van der Waals surface area contributed by atoms with Crippen LogP contribution < -0.4 is 5.73 Å². The lowest BCUT2D eigenvalue weighted by molar-refractivity contribution is 0.163. The van der Waals surface area contributed by atoms with Gasteiger partial charge in [0.05, 0.1) is 0 Å². The molecule has 0 amide bonds. The third-order valence-corrected chi connectivity index (χ3v) is 5.12. The fourth-order valence-electron chi connectivity index (χ4n) is 2.31. The van der Waals surface area contributed by atoms with E-state index in [1.165, 1.54) is 4.31 Å². The van der Waals surface area contributed by atoms with E-state index in [0.29, 0.717) is 37.6 Å². The average Bonchev–Trinajstić information content (AvgIpc) is 2.73. The molecule has 2 rings (SSSR count). The Bertz CT molecular complexity index is 528. The van der Waals surface area contributed by atoms with Crippen molar-refractivity contribution >= 4 is 10.0 Å². The molecule has 0 aromatic carbocycles. The van der Waals surface area contributed by atoms with E-state index in [-0.39, 0.29) is 11.8 Å². The number of rotatable bonds is 4. The molecular formula is C11H20N4O3S. The fourth-order valence-corrected chi connectivity index (χ4v) is 3.95. The maximum Gasteiger partial charge on any atom is 0.220 e. The van der Waals surface area contributed by atoms with Crippen LogP contribution in [0.25, 0.3) is 0 Å². The zero-order chi connectivity index (χ0) is 14.0. The van der Waals surface area contributed by atoms with E-state index in [0.717, 1.165) is 0 Å². The molecule has 1 fully saturated rings. The molecule has 2 heterocycles. The summed E-state index contributed by atoms with van der Waals surface area (Å²) in [6, 6.07) is 1.47. The minimum absolute atomic E-state index is 0.134. The molecule has 108 valence electrons. The van der Waals surface area contributed by atoms with Gasteiger partial charge in [-0.15, -0.1) is 0 Å². The van der Waals surface area contributed by atoms with Crippen LogP contribution in [0.4, 0.5) is 0 Å². The average molecular weight is 288 g/mol. The summed E-state index contributed by atoms with van der Waals surface area (Å²) in [5.74, 6) is 0.476. The molecule has 0 radical (unpaired) electrons. The number of aromatic nitrogens is 1. The topological polar surface area (TPSA) is 92.7 Å². The maximum atomic E-state index is 12.4. The van der Waals surface area contributed by atoms with Gasteiger partial charge >= 0.3 is 0 Å². The Morgan fingerprint density at radius 2 is 2.26 bits per heavy atom. The summed E-state index contributed by atoms with van der Waals surface area (Å²) < 4.78 is 31.2. The number of likely N-dealkylation sites (N-methyl/N-ethyl adjacent to an activating group) is 1.